The van der Waals surface area contributed by atoms with Crippen LogP contribution in [0.3, 0.4) is 0 Å². The van der Waals surface area contributed by atoms with Gasteiger partial charge in [0.25, 0.3) is 0 Å². The molecule has 6 heteroatoms. The van der Waals surface area contributed by atoms with E-state index in [4.69, 9.17) is 21.8 Å². The summed E-state index contributed by atoms with van der Waals surface area (Å²) in [5.74, 6) is -3.74. The number of rotatable bonds is 3. The maximum Gasteiger partial charge on any atom is 0.331 e. The molecule has 0 aliphatic heterocycles. The number of hydrogen-bond acceptors (Lipinski definition) is 3. The molecule has 0 radical (unpaired) electrons. The summed E-state index contributed by atoms with van der Waals surface area (Å²) in [5, 5.41) is 17.7. The summed E-state index contributed by atoms with van der Waals surface area (Å²) in [7, 11) is 0. The predicted octanol–water partition coefficient (Wildman–Crippen LogP) is 1.04. The maximum atomic E-state index is 11.1. The molecule has 0 saturated carbocycles. The topological polar surface area (TPSA) is 91.7 Å². The summed E-state index contributed by atoms with van der Waals surface area (Å²) >= 11 is 5.71. The van der Waals surface area contributed by atoms with E-state index in [0.29, 0.717) is 0 Å². The average molecular weight is 245 g/mol. The Balaban J connectivity index is 3.39. The van der Waals surface area contributed by atoms with Gasteiger partial charge in [-0.25, -0.2) is 4.79 Å². The van der Waals surface area contributed by atoms with Gasteiger partial charge in [-0.1, -0.05) is 24.6 Å². The molecule has 0 aromatic rings. The van der Waals surface area contributed by atoms with Crippen LogP contribution in [0.15, 0.2) is 22.8 Å². The van der Waals surface area contributed by atoms with Gasteiger partial charge in [0, 0.05) is 16.5 Å². The lowest BCUT2D eigenvalue weighted by molar-refractivity contribution is -0.150. The summed E-state index contributed by atoms with van der Waals surface area (Å²) in [6.07, 6.45) is 2.52. The molecule has 1 aliphatic rings. The SMILES string of the molecule is CC1C(C(=O)O)=CC=C(Cl)C1(C=O)C(=O)O. The van der Waals surface area contributed by atoms with Gasteiger partial charge in [0.2, 0.25) is 0 Å². The van der Waals surface area contributed by atoms with Crippen LogP contribution in [0.5, 0.6) is 0 Å². The van der Waals surface area contributed by atoms with Crippen LogP contribution in [0.1, 0.15) is 6.92 Å². The Bertz CT molecular complexity index is 423. The second kappa shape index (κ2) is 4.09. The number of allylic oxidation sites excluding steroid dienone is 2. The summed E-state index contributed by atoms with van der Waals surface area (Å²) in [6, 6.07) is 0. The molecular weight excluding hydrogens is 236 g/mol. The second-order valence-corrected chi connectivity index (χ2v) is 3.86. The van der Waals surface area contributed by atoms with Crippen molar-refractivity contribution in [3.63, 3.8) is 0 Å². The first kappa shape index (κ1) is 12.4. The number of carbonyl (C=O) groups is 3. The molecule has 0 aromatic carbocycles. The van der Waals surface area contributed by atoms with Crippen molar-refractivity contribution in [3.05, 3.63) is 22.8 Å². The smallest absolute Gasteiger partial charge is 0.331 e. The molecule has 0 saturated heterocycles. The van der Waals surface area contributed by atoms with Crippen molar-refractivity contribution < 1.29 is 24.6 Å². The van der Waals surface area contributed by atoms with E-state index >= 15 is 0 Å². The number of aldehydes is 1. The Hall–Kier alpha value is -1.62. The molecule has 0 fully saturated rings. The van der Waals surface area contributed by atoms with Gasteiger partial charge in [-0.15, -0.1) is 0 Å². The molecule has 2 atom stereocenters. The first-order valence-corrected chi connectivity index (χ1v) is 4.76. The Morgan fingerprint density at radius 1 is 1.44 bits per heavy atom. The van der Waals surface area contributed by atoms with Crippen LogP contribution >= 0.6 is 11.6 Å². The van der Waals surface area contributed by atoms with Crippen molar-refractivity contribution in [1.82, 2.24) is 0 Å². The molecule has 86 valence electrons. The number of hydrogen-bond donors (Lipinski definition) is 2. The van der Waals surface area contributed by atoms with E-state index in [1.807, 2.05) is 0 Å². The number of aliphatic carboxylic acids is 2. The van der Waals surface area contributed by atoms with Crippen molar-refractivity contribution in [2.24, 2.45) is 11.3 Å². The Morgan fingerprint density at radius 3 is 2.38 bits per heavy atom. The highest BCUT2D eigenvalue weighted by Gasteiger charge is 2.50. The van der Waals surface area contributed by atoms with Crippen LogP contribution in [0.25, 0.3) is 0 Å². The van der Waals surface area contributed by atoms with Crippen LogP contribution in [0.4, 0.5) is 0 Å². The average Bonchev–Trinajstić information content (AvgIpc) is 2.17. The van der Waals surface area contributed by atoms with E-state index in [-0.39, 0.29) is 16.9 Å². The fourth-order valence-corrected chi connectivity index (χ4v) is 2.00. The molecule has 2 unspecified atom stereocenters. The number of carboxylic acid groups (broad SMARTS) is 2. The first-order valence-electron chi connectivity index (χ1n) is 4.38. The Kier molecular flexibility index (Phi) is 3.19. The Labute approximate surface area is 96.0 Å². The van der Waals surface area contributed by atoms with Crippen molar-refractivity contribution >= 4 is 29.8 Å². The van der Waals surface area contributed by atoms with E-state index in [9.17, 15) is 14.4 Å². The van der Waals surface area contributed by atoms with Gasteiger partial charge in [0.05, 0.1) is 0 Å². The van der Waals surface area contributed by atoms with Gasteiger partial charge in [-0.3, -0.25) is 4.79 Å². The summed E-state index contributed by atoms with van der Waals surface area (Å²) in [6.45, 7) is 1.35. The minimum Gasteiger partial charge on any atom is -0.480 e. The third-order valence-electron chi connectivity index (χ3n) is 2.74. The molecule has 0 amide bonds. The fourth-order valence-electron chi connectivity index (χ4n) is 1.65. The standard InChI is InChI=1S/C10H9ClO5/c1-5-6(8(13)14)2-3-7(11)10(5,4-12)9(15)16/h2-5H,1H3,(H,13,14)(H,15,16). The molecule has 16 heavy (non-hydrogen) atoms. The van der Waals surface area contributed by atoms with E-state index in [1.165, 1.54) is 13.0 Å². The molecule has 0 aromatic heterocycles. The van der Waals surface area contributed by atoms with Gasteiger partial charge in [-0.2, -0.15) is 0 Å². The van der Waals surface area contributed by atoms with Crippen LogP contribution < -0.4 is 0 Å². The first-order chi connectivity index (χ1) is 7.37. The number of carbonyl (C=O) groups excluding carboxylic acids is 1. The lowest BCUT2D eigenvalue weighted by Crippen LogP contribution is -2.43. The maximum absolute atomic E-state index is 11.1. The summed E-state index contributed by atoms with van der Waals surface area (Å²) in [5.41, 5.74) is -2.15. The van der Waals surface area contributed by atoms with Crippen molar-refractivity contribution in [2.75, 3.05) is 0 Å². The van der Waals surface area contributed by atoms with Gasteiger partial charge in [0.1, 0.15) is 6.29 Å². The zero-order valence-corrected chi connectivity index (χ0v) is 9.06. The third kappa shape index (κ3) is 1.53. The van der Waals surface area contributed by atoms with Crippen molar-refractivity contribution in [2.45, 2.75) is 6.92 Å². The highest BCUT2D eigenvalue weighted by molar-refractivity contribution is 6.34. The number of halogens is 1. The van der Waals surface area contributed by atoms with Crippen molar-refractivity contribution in [1.29, 1.82) is 0 Å². The third-order valence-corrected chi connectivity index (χ3v) is 3.18. The van der Waals surface area contributed by atoms with E-state index in [1.54, 1.807) is 0 Å². The molecule has 1 aliphatic carbocycles. The van der Waals surface area contributed by atoms with Crippen LogP contribution in [-0.4, -0.2) is 28.4 Å². The molecule has 0 heterocycles. The molecule has 5 nitrogen and oxygen atoms in total. The fraction of sp³-hybridized carbons (Fsp3) is 0.300. The molecule has 2 N–H and O–H groups in total. The molecule has 1 rings (SSSR count). The second-order valence-electron chi connectivity index (χ2n) is 3.46. The predicted molar refractivity (Wildman–Crippen MR) is 55.0 cm³/mol. The normalized spacial score (nSPS) is 29.0. The summed E-state index contributed by atoms with van der Waals surface area (Å²) in [4.78, 5) is 33.0. The Morgan fingerprint density at radius 2 is 2.00 bits per heavy atom. The van der Waals surface area contributed by atoms with Gasteiger partial charge < -0.3 is 15.0 Å². The van der Waals surface area contributed by atoms with E-state index in [0.717, 1.165) is 6.08 Å². The zero-order chi connectivity index (χ0) is 12.5. The van der Waals surface area contributed by atoms with E-state index in [2.05, 4.69) is 0 Å². The summed E-state index contributed by atoms with van der Waals surface area (Å²) < 4.78 is 0. The largest absolute Gasteiger partial charge is 0.480 e. The van der Waals surface area contributed by atoms with Gasteiger partial charge in [-0.05, 0) is 6.08 Å². The monoisotopic (exact) mass is 244 g/mol. The molecule has 0 spiro atoms. The minimum absolute atomic E-state index is 0.154. The lowest BCUT2D eigenvalue weighted by Gasteiger charge is -2.32. The van der Waals surface area contributed by atoms with Crippen LogP contribution in [-0.2, 0) is 14.4 Å². The quantitative estimate of drug-likeness (QED) is 0.572. The zero-order valence-electron chi connectivity index (χ0n) is 8.31. The van der Waals surface area contributed by atoms with Gasteiger partial charge >= 0.3 is 11.9 Å². The van der Waals surface area contributed by atoms with Crippen LogP contribution in [0.2, 0.25) is 0 Å². The minimum atomic E-state index is -2.00. The highest BCUT2D eigenvalue weighted by Crippen LogP contribution is 2.43. The molecular formula is C10H9ClO5. The van der Waals surface area contributed by atoms with E-state index < -0.39 is 23.3 Å². The number of carboxylic acids is 2. The highest BCUT2D eigenvalue weighted by atomic mass is 35.5. The van der Waals surface area contributed by atoms with Gasteiger partial charge in [0.15, 0.2) is 5.41 Å². The van der Waals surface area contributed by atoms with Crippen molar-refractivity contribution in [3.8, 4) is 0 Å². The lowest BCUT2D eigenvalue weighted by atomic mass is 9.70. The molecule has 0 bridgehead atoms. The van der Waals surface area contributed by atoms with Crippen LogP contribution in [0, 0.1) is 11.3 Å².